The monoisotopic (exact) mass is 435 g/mol. The lowest BCUT2D eigenvalue weighted by molar-refractivity contribution is 0.176. The zero-order chi connectivity index (χ0) is 21.3. The molecule has 0 aliphatic carbocycles. The maximum Gasteiger partial charge on any atom is 0.191 e. The third kappa shape index (κ3) is 6.74. The van der Waals surface area contributed by atoms with Crippen LogP contribution in [0.1, 0.15) is 43.0 Å². The van der Waals surface area contributed by atoms with Crippen molar-refractivity contribution in [1.82, 2.24) is 20.5 Å². The number of hydrogen-bond donors (Lipinski definition) is 2. The van der Waals surface area contributed by atoms with E-state index in [0.717, 1.165) is 57.6 Å². The Morgan fingerprint density at radius 1 is 1.23 bits per heavy atom. The second-order valence-corrected chi connectivity index (χ2v) is 8.56. The van der Waals surface area contributed by atoms with Crippen LogP contribution in [0.15, 0.2) is 28.6 Å². The number of thiazole rings is 1. The minimum atomic E-state index is -0.449. The maximum atomic E-state index is 13.8. The molecule has 1 aromatic heterocycles. The standard InChI is InChI=1S/C22H31F2N5S/c1-3-21-28-19(15-30-21)14-29-9-7-16(8-10-29)12-26-22(25-4-2)27-13-17-11-18(23)5-6-20(17)24/h5-6,11,15-16H,3-4,7-10,12-14H2,1-2H3,(H2,25,26,27). The van der Waals surface area contributed by atoms with Crippen LogP contribution in [0.2, 0.25) is 0 Å². The predicted octanol–water partition coefficient (Wildman–Crippen LogP) is 3.95. The third-order valence-electron chi connectivity index (χ3n) is 5.31. The average molecular weight is 436 g/mol. The fourth-order valence-electron chi connectivity index (χ4n) is 3.57. The van der Waals surface area contributed by atoms with Crippen molar-refractivity contribution < 1.29 is 8.78 Å². The fourth-order valence-corrected chi connectivity index (χ4v) is 4.31. The smallest absolute Gasteiger partial charge is 0.191 e. The lowest BCUT2D eigenvalue weighted by atomic mass is 9.97. The molecule has 30 heavy (non-hydrogen) atoms. The molecule has 1 saturated heterocycles. The average Bonchev–Trinajstić information content (AvgIpc) is 3.21. The summed E-state index contributed by atoms with van der Waals surface area (Å²) < 4.78 is 27.2. The molecule has 0 amide bonds. The van der Waals surface area contributed by atoms with Crippen LogP contribution in [0.3, 0.4) is 0 Å². The van der Waals surface area contributed by atoms with E-state index in [2.05, 4.69) is 37.8 Å². The van der Waals surface area contributed by atoms with Crippen LogP contribution in [0.25, 0.3) is 0 Å². The van der Waals surface area contributed by atoms with Crippen LogP contribution in [0.5, 0.6) is 0 Å². The van der Waals surface area contributed by atoms with Crippen molar-refractivity contribution in [3.05, 3.63) is 51.5 Å². The Hall–Kier alpha value is -2.06. The van der Waals surface area contributed by atoms with Crippen molar-refractivity contribution >= 4 is 17.3 Å². The van der Waals surface area contributed by atoms with E-state index in [-0.39, 0.29) is 12.1 Å². The minimum absolute atomic E-state index is 0.102. The molecule has 2 N–H and O–H groups in total. The van der Waals surface area contributed by atoms with Gasteiger partial charge in [-0.2, -0.15) is 0 Å². The number of likely N-dealkylation sites (tertiary alicyclic amines) is 1. The summed E-state index contributed by atoms with van der Waals surface area (Å²) in [4.78, 5) is 11.6. The molecule has 0 saturated carbocycles. The first-order valence-electron chi connectivity index (χ1n) is 10.7. The third-order valence-corrected chi connectivity index (χ3v) is 6.35. The number of nitrogens with zero attached hydrogens (tertiary/aromatic N) is 3. The molecule has 8 heteroatoms. The predicted molar refractivity (Wildman–Crippen MR) is 119 cm³/mol. The first-order chi connectivity index (χ1) is 14.6. The van der Waals surface area contributed by atoms with E-state index in [0.29, 0.717) is 18.4 Å². The molecule has 1 fully saturated rings. The Morgan fingerprint density at radius 2 is 2.03 bits per heavy atom. The van der Waals surface area contributed by atoms with E-state index in [1.54, 1.807) is 11.3 Å². The number of rotatable bonds is 8. The lowest BCUT2D eigenvalue weighted by Crippen LogP contribution is -2.42. The van der Waals surface area contributed by atoms with E-state index in [4.69, 9.17) is 0 Å². The number of aryl methyl sites for hydroxylation is 1. The van der Waals surface area contributed by atoms with Gasteiger partial charge in [0.25, 0.3) is 0 Å². The molecule has 5 nitrogen and oxygen atoms in total. The first kappa shape index (κ1) is 22.6. The normalized spacial score (nSPS) is 16.1. The Bertz CT molecular complexity index is 831. The summed E-state index contributed by atoms with van der Waals surface area (Å²) in [6, 6.07) is 3.46. The summed E-state index contributed by atoms with van der Waals surface area (Å²) in [5.41, 5.74) is 1.44. The first-order valence-corrected chi connectivity index (χ1v) is 11.6. The highest BCUT2D eigenvalue weighted by Crippen LogP contribution is 2.19. The number of piperidine rings is 1. The van der Waals surface area contributed by atoms with E-state index in [9.17, 15) is 8.78 Å². The highest BCUT2D eigenvalue weighted by Gasteiger charge is 2.20. The Morgan fingerprint density at radius 3 is 2.73 bits per heavy atom. The van der Waals surface area contributed by atoms with Gasteiger partial charge in [0.2, 0.25) is 0 Å². The summed E-state index contributed by atoms with van der Waals surface area (Å²) in [6.45, 7) is 8.82. The van der Waals surface area contributed by atoms with Crippen molar-refractivity contribution in [2.24, 2.45) is 10.9 Å². The summed E-state index contributed by atoms with van der Waals surface area (Å²) >= 11 is 1.75. The molecular formula is C22H31F2N5S. The molecule has 164 valence electrons. The number of halogens is 2. The number of nitrogens with one attached hydrogen (secondary N) is 2. The Balaban J connectivity index is 1.45. The van der Waals surface area contributed by atoms with Crippen LogP contribution in [-0.2, 0) is 19.5 Å². The zero-order valence-electron chi connectivity index (χ0n) is 17.8. The van der Waals surface area contributed by atoms with Gasteiger partial charge in [-0.15, -0.1) is 11.3 Å². The molecular weight excluding hydrogens is 404 g/mol. The molecule has 0 bridgehead atoms. The second-order valence-electron chi connectivity index (χ2n) is 7.62. The van der Waals surface area contributed by atoms with E-state index < -0.39 is 11.6 Å². The van der Waals surface area contributed by atoms with Gasteiger partial charge in [0.1, 0.15) is 11.6 Å². The highest BCUT2D eigenvalue weighted by atomic mass is 32.1. The molecule has 2 heterocycles. The van der Waals surface area contributed by atoms with Gasteiger partial charge in [-0.3, -0.25) is 4.90 Å². The van der Waals surface area contributed by atoms with Gasteiger partial charge in [0.15, 0.2) is 5.96 Å². The Labute approximate surface area is 181 Å². The van der Waals surface area contributed by atoms with Gasteiger partial charge in [-0.05, 0) is 63.4 Å². The van der Waals surface area contributed by atoms with E-state index >= 15 is 0 Å². The van der Waals surface area contributed by atoms with Gasteiger partial charge in [-0.1, -0.05) is 6.92 Å². The lowest BCUT2D eigenvalue weighted by Gasteiger charge is -2.31. The summed E-state index contributed by atoms with van der Waals surface area (Å²) in [7, 11) is 0. The summed E-state index contributed by atoms with van der Waals surface area (Å²) in [5.74, 6) is 0.320. The van der Waals surface area contributed by atoms with Gasteiger partial charge >= 0.3 is 0 Å². The molecule has 0 atom stereocenters. The number of hydrogen-bond acceptors (Lipinski definition) is 4. The molecule has 2 aromatic rings. The molecule has 1 aliphatic rings. The number of aliphatic imine (C=N–C) groups is 1. The summed E-state index contributed by atoms with van der Waals surface area (Å²) in [5, 5.41) is 9.92. The van der Waals surface area contributed by atoms with Crippen LogP contribution in [0, 0.1) is 17.6 Å². The van der Waals surface area contributed by atoms with Crippen LogP contribution in [0.4, 0.5) is 8.78 Å². The molecule has 1 aliphatic heterocycles. The van der Waals surface area contributed by atoms with Gasteiger partial charge in [-0.25, -0.2) is 18.8 Å². The van der Waals surface area contributed by atoms with Crippen molar-refractivity contribution in [2.45, 2.75) is 46.2 Å². The molecule has 0 unspecified atom stereocenters. The number of benzene rings is 1. The van der Waals surface area contributed by atoms with Crippen molar-refractivity contribution in [1.29, 1.82) is 0 Å². The fraction of sp³-hybridized carbons (Fsp3) is 0.545. The SMILES string of the molecule is CCNC(=NCc1cc(F)ccc1F)NCC1CCN(Cc2csc(CC)n2)CC1. The summed E-state index contributed by atoms with van der Waals surface area (Å²) in [6.07, 6.45) is 3.24. The van der Waals surface area contributed by atoms with Crippen molar-refractivity contribution in [3.63, 3.8) is 0 Å². The quantitative estimate of drug-likeness (QED) is 0.487. The van der Waals surface area contributed by atoms with Crippen LogP contribution < -0.4 is 10.6 Å². The largest absolute Gasteiger partial charge is 0.357 e. The topological polar surface area (TPSA) is 52.6 Å². The van der Waals surface area contributed by atoms with Crippen LogP contribution >= 0.6 is 11.3 Å². The molecule has 1 aromatic carbocycles. The number of aromatic nitrogens is 1. The molecule has 3 rings (SSSR count). The zero-order valence-corrected chi connectivity index (χ0v) is 18.6. The van der Waals surface area contributed by atoms with Crippen molar-refractivity contribution in [3.8, 4) is 0 Å². The van der Waals surface area contributed by atoms with E-state index in [1.807, 2.05) is 6.92 Å². The number of guanidine groups is 1. The Kier molecular flexibility index (Phi) is 8.57. The molecule has 0 radical (unpaired) electrons. The maximum absolute atomic E-state index is 13.8. The highest BCUT2D eigenvalue weighted by molar-refractivity contribution is 7.09. The van der Waals surface area contributed by atoms with Gasteiger partial charge in [0.05, 0.1) is 17.2 Å². The second kappa shape index (κ2) is 11.4. The van der Waals surface area contributed by atoms with E-state index in [1.165, 1.54) is 16.8 Å². The van der Waals surface area contributed by atoms with Crippen molar-refractivity contribution in [2.75, 3.05) is 26.2 Å². The minimum Gasteiger partial charge on any atom is -0.357 e. The van der Waals surface area contributed by atoms with Gasteiger partial charge < -0.3 is 10.6 Å². The molecule has 0 spiro atoms. The van der Waals surface area contributed by atoms with Gasteiger partial charge in [0, 0.05) is 30.6 Å². The van der Waals surface area contributed by atoms with Crippen LogP contribution in [-0.4, -0.2) is 42.0 Å².